The molecule has 0 aromatic heterocycles. The summed E-state index contributed by atoms with van der Waals surface area (Å²) in [5.41, 5.74) is 0. The van der Waals surface area contributed by atoms with Gasteiger partial charge in [0.15, 0.2) is 0 Å². The minimum Gasteiger partial charge on any atom is -0.465 e. The number of esters is 1. The van der Waals surface area contributed by atoms with E-state index in [0.29, 0.717) is 12.8 Å². The fourth-order valence-electron chi connectivity index (χ4n) is 1.51. The van der Waals surface area contributed by atoms with Gasteiger partial charge in [-0.15, -0.1) is 0 Å². The van der Waals surface area contributed by atoms with Crippen LogP contribution in [-0.4, -0.2) is 50.1 Å². The second-order valence-electron chi connectivity index (χ2n) is 4.64. The molecule has 1 N–H and O–H groups in total. The molecular weight excluding hydrogens is 288 g/mol. The molecule has 0 radical (unpaired) electrons. The van der Waals surface area contributed by atoms with Crippen molar-refractivity contribution < 1.29 is 27.5 Å². The van der Waals surface area contributed by atoms with Crippen molar-refractivity contribution in [3.63, 3.8) is 0 Å². The van der Waals surface area contributed by atoms with Gasteiger partial charge in [0.25, 0.3) is 0 Å². The number of rotatable bonds is 7. The topological polar surface area (TPSA) is 102 Å². The van der Waals surface area contributed by atoms with Gasteiger partial charge in [-0.05, 0) is 33.6 Å². The molecule has 0 unspecified atom stereocenters. The molecule has 0 heterocycles. The zero-order valence-electron chi connectivity index (χ0n) is 11.8. The number of nitrogens with zero attached hydrogens (tertiary/aromatic N) is 1. The van der Waals surface area contributed by atoms with E-state index in [2.05, 4.69) is 0 Å². The molecule has 1 rings (SSSR count). The molecule has 8 nitrogen and oxygen atoms in total. The summed E-state index contributed by atoms with van der Waals surface area (Å²) in [6.45, 7) is 4.59. The molecule has 9 heteroatoms. The lowest BCUT2D eigenvalue weighted by atomic mass is 10.5. The van der Waals surface area contributed by atoms with Crippen molar-refractivity contribution in [2.24, 2.45) is 0 Å². The van der Waals surface area contributed by atoms with Crippen molar-refractivity contribution in [1.29, 1.82) is 0 Å². The van der Waals surface area contributed by atoms with E-state index in [1.807, 2.05) is 0 Å². The Hall–Kier alpha value is -1.35. The quantitative estimate of drug-likeness (QED) is 0.683. The average Bonchev–Trinajstić information content (AvgIpc) is 3.07. The third-order valence-corrected chi connectivity index (χ3v) is 3.88. The Kier molecular flexibility index (Phi) is 5.75. The van der Waals surface area contributed by atoms with Crippen molar-refractivity contribution in [1.82, 2.24) is 9.03 Å². The molecule has 116 valence electrons. The summed E-state index contributed by atoms with van der Waals surface area (Å²) in [5, 5.41) is 0. The lowest BCUT2D eigenvalue weighted by Crippen LogP contribution is -2.47. The van der Waals surface area contributed by atoms with Crippen LogP contribution in [0, 0.1) is 0 Å². The molecule has 1 saturated carbocycles. The molecule has 0 aliphatic heterocycles. The Morgan fingerprint density at radius 3 is 2.40 bits per heavy atom. The molecule has 0 saturated heterocycles. The van der Waals surface area contributed by atoms with Crippen molar-refractivity contribution in [2.45, 2.75) is 45.8 Å². The Morgan fingerprint density at radius 2 is 1.95 bits per heavy atom. The SMILES string of the molecule is CCOC(=O)CN(C1CC1)S(=O)(=O)NC(=O)OC(C)C. The first kappa shape index (κ1) is 16.7. The van der Waals surface area contributed by atoms with Gasteiger partial charge in [0.2, 0.25) is 0 Å². The monoisotopic (exact) mass is 308 g/mol. The number of amides is 1. The molecule has 1 amide bonds. The van der Waals surface area contributed by atoms with Gasteiger partial charge in [0, 0.05) is 6.04 Å². The average molecular weight is 308 g/mol. The Balaban J connectivity index is 2.69. The van der Waals surface area contributed by atoms with E-state index in [0.717, 1.165) is 4.31 Å². The first-order valence-electron chi connectivity index (χ1n) is 6.42. The van der Waals surface area contributed by atoms with Gasteiger partial charge in [-0.1, -0.05) is 0 Å². The van der Waals surface area contributed by atoms with Crippen LogP contribution < -0.4 is 4.72 Å². The van der Waals surface area contributed by atoms with Crippen LogP contribution in [0.4, 0.5) is 4.79 Å². The van der Waals surface area contributed by atoms with Gasteiger partial charge < -0.3 is 9.47 Å². The summed E-state index contributed by atoms with van der Waals surface area (Å²) >= 11 is 0. The summed E-state index contributed by atoms with van der Waals surface area (Å²) in [6, 6.07) is -0.274. The fourth-order valence-corrected chi connectivity index (χ4v) is 2.76. The van der Waals surface area contributed by atoms with E-state index < -0.39 is 34.9 Å². The van der Waals surface area contributed by atoms with E-state index in [1.54, 1.807) is 25.5 Å². The minimum absolute atomic E-state index is 0.167. The Labute approximate surface area is 118 Å². The predicted molar refractivity (Wildman–Crippen MR) is 70.0 cm³/mol. The third-order valence-electron chi connectivity index (χ3n) is 2.41. The summed E-state index contributed by atoms with van der Waals surface area (Å²) in [4.78, 5) is 22.8. The van der Waals surface area contributed by atoms with Crippen LogP contribution in [-0.2, 0) is 24.5 Å². The minimum atomic E-state index is -4.11. The van der Waals surface area contributed by atoms with Gasteiger partial charge in [0.1, 0.15) is 6.54 Å². The Bertz CT molecular complexity index is 458. The smallest absolute Gasteiger partial charge is 0.422 e. The van der Waals surface area contributed by atoms with Gasteiger partial charge in [0.05, 0.1) is 12.7 Å². The number of carbonyl (C=O) groups excluding carboxylic acids is 2. The molecule has 1 aliphatic carbocycles. The van der Waals surface area contributed by atoms with Gasteiger partial charge in [-0.25, -0.2) is 9.52 Å². The molecule has 0 aromatic carbocycles. The lowest BCUT2D eigenvalue weighted by Gasteiger charge is -2.21. The van der Waals surface area contributed by atoms with Crippen molar-refractivity contribution >= 4 is 22.3 Å². The highest BCUT2D eigenvalue weighted by molar-refractivity contribution is 7.87. The van der Waals surface area contributed by atoms with Crippen LogP contribution in [0.25, 0.3) is 0 Å². The first-order chi connectivity index (χ1) is 9.26. The number of ether oxygens (including phenoxy) is 2. The highest BCUT2D eigenvalue weighted by Gasteiger charge is 2.39. The van der Waals surface area contributed by atoms with E-state index in [9.17, 15) is 18.0 Å². The second kappa shape index (κ2) is 6.89. The molecule has 1 fully saturated rings. The first-order valence-corrected chi connectivity index (χ1v) is 7.86. The summed E-state index contributed by atoms with van der Waals surface area (Å²) in [7, 11) is -4.11. The highest BCUT2D eigenvalue weighted by atomic mass is 32.2. The lowest BCUT2D eigenvalue weighted by molar-refractivity contribution is -0.143. The number of nitrogens with one attached hydrogen (secondary N) is 1. The van der Waals surface area contributed by atoms with Crippen LogP contribution in [0.2, 0.25) is 0 Å². The number of hydrogen-bond acceptors (Lipinski definition) is 6. The maximum Gasteiger partial charge on any atom is 0.422 e. The largest absolute Gasteiger partial charge is 0.465 e. The van der Waals surface area contributed by atoms with E-state index in [4.69, 9.17) is 9.47 Å². The second-order valence-corrected chi connectivity index (χ2v) is 6.27. The van der Waals surface area contributed by atoms with Crippen LogP contribution >= 0.6 is 0 Å². The molecular formula is C11H20N2O6S. The van der Waals surface area contributed by atoms with Crippen molar-refractivity contribution in [3.05, 3.63) is 0 Å². The van der Waals surface area contributed by atoms with Gasteiger partial charge in [-0.2, -0.15) is 12.7 Å². The summed E-state index contributed by atoms with van der Waals surface area (Å²) < 4.78 is 36.3. The summed E-state index contributed by atoms with van der Waals surface area (Å²) in [5.74, 6) is -0.651. The van der Waals surface area contributed by atoms with Gasteiger partial charge >= 0.3 is 22.3 Å². The van der Waals surface area contributed by atoms with Crippen LogP contribution in [0.15, 0.2) is 0 Å². The molecule has 0 bridgehead atoms. The van der Waals surface area contributed by atoms with Crippen molar-refractivity contribution in [3.8, 4) is 0 Å². The van der Waals surface area contributed by atoms with E-state index >= 15 is 0 Å². The maximum absolute atomic E-state index is 12.1. The fraction of sp³-hybridized carbons (Fsp3) is 0.818. The standard InChI is InChI=1S/C11H20N2O6S/c1-4-18-10(14)7-13(9-5-6-9)20(16,17)12-11(15)19-8(2)3/h8-9H,4-7H2,1-3H3,(H,12,15). The normalized spacial score (nSPS) is 15.2. The molecule has 0 spiro atoms. The molecule has 1 aliphatic rings. The molecule has 20 heavy (non-hydrogen) atoms. The highest BCUT2D eigenvalue weighted by Crippen LogP contribution is 2.28. The molecule has 0 atom stereocenters. The number of hydrogen-bond donors (Lipinski definition) is 1. The third kappa shape index (κ3) is 5.33. The zero-order chi connectivity index (χ0) is 15.3. The van der Waals surface area contributed by atoms with E-state index in [-0.39, 0.29) is 12.6 Å². The van der Waals surface area contributed by atoms with E-state index in [1.165, 1.54) is 0 Å². The maximum atomic E-state index is 12.1. The zero-order valence-corrected chi connectivity index (χ0v) is 12.6. The van der Waals surface area contributed by atoms with Gasteiger partial charge in [-0.3, -0.25) is 4.79 Å². The molecule has 0 aromatic rings. The van der Waals surface area contributed by atoms with Crippen LogP contribution in [0.3, 0.4) is 0 Å². The van der Waals surface area contributed by atoms with Crippen LogP contribution in [0.1, 0.15) is 33.6 Å². The summed E-state index contributed by atoms with van der Waals surface area (Å²) in [6.07, 6.45) is -0.196. The Morgan fingerprint density at radius 1 is 1.35 bits per heavy atom. The predicted octanol–water partition coefficient (Wildman–Crippen LogP) is 0.393. The van der Waals surface area contributed by atoms with Crippen molar-refractivity contribution in [2.75, 3.05) is 13.2 Å². The number of carbonyl (C=O) groups is 2. The van der Waals surface area contributed by atoms with Crippen LogP contribution in [0.5, 0.6) is 0 Å².